The van der Waals surface area contributed by atoms with Gasteiger partial charge in [0.05, 0.1) is 19.1 Å². The molecular weight excluding hydrogens is 290 g/mol. The third-order valence-electron chi connectivity index (χ3n) is 4.44. The maximum absolute atomic E-state index is 11.7. The Bertz CT molecular complexity index is 481. The Morgan fingerprint density at radius 1 is 1.22 bits per heavy atom. The van der Waals surface area contributed by atoms with Crippen LogP contribution in [0.4, 0.5) is 0 Å². The summed E-state index contributed by atoms with van der Waals surface area (Å²) < 4.78 is 11.0. The molecular formula is C19H29NO3. The number of likely N-dealkylation sites (tertiary alicyclic amines) is 1. The molecule has 4 nitrogen and oxygen atoms in total. The lowest BCUT2D eigenvalue weighted by Gasteiger charge is -2.30. The lowest BCUT2D eigenvalue weighted by atomic mass is 9.97. The van der Waals surface area contributed by atoms with E-state index in [2.05, 4.69) is 24.0 Å². The van der Waals surface area contributed by atoms with Crippen LogP contribution in [0, 0.1) is 5.92 Å². The van der Waals surface area contributed by atoms with E-state index in [1.165, 1.54) is 5.56 Å². The van der Waals surface area contributed by atoms with Crippen molar-refractivity contribution in [2.75, 3.05) is 32.8 Å². The monoisotopic (exact) mass is 319 g/mol. The highest BCUT2D eigenvalue weighted by atomic mass is 16.5. The first-order valence-corrected chi connectivity index (χ1v) is 8.84. The third-order valence-corrected chi connectivity index (χ3v) is 4.44. The fourth-order valence-corrected chi connectivity index (χ4v) is 3.06. The molecule has 1 saturated heterocycles. The Hall–Kier alpha value is -1.55. The Morgan fingerprint density at radius 2 is 1.96 bits per heavy atom. The highest BCUT2D eigenvalue weighted by molar-refractivity contribution is 5.72. The molecule has 0 spiro atoms. The smallest absolute Gasteiger partial charge is 0.309 e. The minimum absolute atomic E-state index is 0.0216. The zero-order valence-corrected chi connectivity index (χ0v) is 14.4. The predicted octanol–water partition coefficient (Wildman–Crippen LogP) is 3.29. The number of aryl methyl sites for hydroxylation is 1. The molecule has 0 aromatic heterocycles. The van der Waals surface area contributed by atoms with Crippen molar-refractivity contribution >= 4 is 5.97 Å². The molecule has 128 valence electrons. The summed E-state index contributed by atoms with van der Waals surface area (Å²) in [6, 6.07) is 8.24. The van der Waals surface area contributed by atoms with Crippen LogP contribution in [-0.4, -0.2) is 43.7 Å². The predicted molar refractivity (Wildman–Crippen MR) is 91.7 cm³/mol. The standard InChI is InChI=1S/C19H29NO3/c1-3-16-8-5-6-9-18(16)23-15-7-12-20-13-10-17(11-14-20)19(21)22-4-2/h5-6,8-9,17H,3-4,7,10-15H2,1-2H3. The molecule has 0 unspecified atom stereocenters. The van der Waals surface area contributed by atoms with Crippen molar-refractivity contribution in [3.63, 3.8) is 0 Å². The number of carbonyl (C=O) groups excluding carboxylic acids is 1. The number of piperidine rings is 1. The zero-order chi connectivity index (χ0) is 16.5. The summed E-state index contributed by atoms with van der Waals surface area (Å²) in [6.45, 7) is 8.23. The Labute approximate surface area is 139 Å². The molecule has 2 rings (SSSR count). The lowest BCUT2D eigenvalue weighted by molar-refractivity contribution is -0.149. The van der Waals surface area contributed by atoms with Gasteiger partial charge in [-0.1, -0.05) is 25.1 Å². The molecule has 0 amide bonds. The number of hydrogen-bond donors (Lipinski definition) is 0. The van der Waals surface area contributed by atoms with Gasteiger partial charge in [-0.25, -0.2) is 0 Å². The molecule has 23 heavy (non-hydrogen) atoms. The van der Waals surface area contributed by atoms with Crippen LogP contribution < -0.4 is 4.74 Å². The first-order valence-electron chi connectivity index (χ1n) is 8.84. The topological polar surface area (TPSA) is 38.8 Å². The number of ether oxygens (including phenoxy) is 2. The fourth-order valence-electron chi connectivity index (χ4n) is 3.06. The van der Waals surface area contributed by atoms with Crippen molar-refractivity contribution in [3.05, 3.63) is 29.8 Å². The van der Waals surface area contributed by atoms with Crippen molar-refractivity contribution in [1.29, 1.82) is 0 Å². The van der Waals surface area contributed by atoms with Crippen LogP contribution >= 0.6 is 0 Å². The number of nitrogens with zero attached hydrogens (tertiary/aromatic N) is 1. The number of hydrogen-bond acceptors (Lipinski definition) is 4. The quantitative estimate of drug-likeness (QED) is 0.544. The fraction of sp³-hybridized carbons (Fsp3) is 0.632. The van der Waals surface area contributed by atoms with Crippen molar-refractivity contribution in [3.8, 4) is 5.75 Å². The van der Waals surface area contributed by atoms with E-state index in [4.69, 9.17) is 9.47 Å². The van der Waals surface area contributed by atoms with Crippen molar-refractivity contribution < 1.29 is 14.3 Å². The van der Waals surface area contributed by atoms with Gasteiger partial charge in [-0.3, -0.25) is 4.79 Å². The minimum Gasteiger partial charge on any atom is -0.493 e. The largest absolute Gasteiger partial charge is 0.493 e. The average molecular weight is 319 g/mol. The summed E-state index contributed by atoms with van der Waals surface area (Å²) in [4.78, 5) is 14.1. The normalized spacial score (nSPS) is 16.3. The van der Waals surface area contributed by atoms with Gasteiger partial charge in [0.15, 0.2) is 0 Å². The average Bonchev–Trinajstić information content (AvgIpc) is 2.60. The highest BCUT2D eigenvalue weighted by Crippen LogP contribution is 2.20. The second-order valence-electron chi connectivity index (χ2n) is 6.03. The van der Waals surface area contributed by atoms with Crippen molar-refractivity contribution in [2.45, 2.75) is 39.5 Å². The van der Waals surface area contributed by atoms with Crippen LogP contribution in [0.5, 0.6) is 5.75 Å². The Morgan fingerprint density at radius 3 is 2.65 bits per heavy atom. The molecule has 0 atom stereocenters. The number of carbonyl (C=O) groups is 1. The van der Waals surface area contributed by atoms with E-state index in [9.17, 15) is 4.79 Å². The Balaban J connectivity index is 1.63. The first kappa shape index (κ1) is 17.8. The molecule has 1 aromatic carbocycles. The summed E-state index contributed by atoms with van der Waals surface area (Å²) >= 11 is 0. The number of para-hydroxylation sites is 1. The summed E-state index contributed by atoms with van der Waals surface area (Å²) in [7, 11) is 0. The number of esters is 1. The van der Waals surface area contributed by atoms with Gasteiger partial charge in [0.1, 0.15) is 5.75 Å². The van der Waals surface area contributed by atoms with E-state index < -0.39 is 0 Å². The summed E-state index contributed by atoms with van der Waals surface area (Å²) in [6.07, 6.45) is 3.84. The summed E-state index contributed by atoms with van der Waals surface area (Å²) in [5, 5.41) is 0. The second-order valence-corrected chi connectivity index (χ2v) is 6.03. The highest BCUT2D eigenvalue weighted by Gasteiger charge is 2.25. The molecule has 0 saturated carbocycles. The zero-order valence-electron chi connectivity index (χ0n) is 14.4. The van der Waals surface area contributed by atoms with Crippen LogP contribution in [0.15, 0.2) is 24.3 Å². The Kier molecular flexibility index (Phi) is 7.40. The van der Waals surface area contributed by atoms with E-state index in [1.807, 2.05) is 19.1 Å². The molecule has 0 radical (unpaired) electrons. The minimum atomic E-state index is -0.0216. The van der Waals surface area contributed by atoms with Gasteiger partial charge in [0.2, 0.25) is 0 Å². The molecule has 1 aromatic rings. The second kappa shape index (κ2) is 9.56. The SMILES string of the molecule is CCOC(=O)C1CCN(CCCOc2ccccc2CC)CC1. The molecule has 1 fully saturated rings. The van der Waals surface area contributed by atoms with Crippen LogP contribution in [0.1, 0.15) is 38.7 Å². The van der Waals surface area contributed by atoms with Gasteiger partial charge in [0.25, 0.3) is 0 Å². The van der Waals surface area contributed by atoms with E-state index in [1.54, 1.807) is 0 Å². The summed E-state index contributed by atoms with van der Waals surface area (Å²) in [5.41, 5.74) is 1.27. The van der Waals surface area contributed by atoms with Crippen LogP contribution in [0.2, 0.25) is 0 Å². The van der Waals surface area contributed by atoms with Crippen molar-refractivity contribution in [1.82, 2.24) is 4.90 Å². The third kappa shape index (κ3) is 5.54. The molecule has 0 bridgehead atoms. The van der Waals surface area contributed by atoms with Gasteiger partial charge in [0, 0.05) is 6.54 Å². The van der Waals surface area contributed by atoms with E-state index >= 15 is 0 Å². The first-order chi connectivity index (χ1) is 11.2. The number of benzene rings is 1. The molecule has 0 aliphatic carbocycles. The van der Waals surface area contributed by atoms with Gasteiger partial charge in [-0.15, -0.1) is 0 Å². The molecule has 1 aliphatic rings. The maximum Gasteiger partial charge on any atom is 0.309 e. The van der Waals surface area contributed by atoms with Gasteiger partial charge >= 0.3 is 5.97 Å². The molecule has 0 N–H and O–H groups in total. The molecule has 1 aliphatic heterocycles. The maximum atomic E-state index is 11.7. The lowest BCUT2D eigenvalue weighted by Crippen LogP contribution is -2.37. The van der Waals surface area contributed by atoms with Crippen LogP contribution in [0.3, 0.4) is 0 Å². The van der Waals surface area contributed by atoms with E-state index in [0.717, 1.165) is 57.7 Å². The number of rotatable bonds is 8. The van der Waals surface area contributed by atoms with Gasteiger partial charge in [-0.2, -0.15) is 0 Å². The summed E-state index contributed by atoms with van der Waals surface area (Å²) in [5.74, 6) is 1.08. The van der Waals surface area contributed by atoms with E-state index in [0.29, 0.717) is 6.61 Å². The van der Waals surface area contributed by atoms with Gasteiger partial charge < -0.3 is 14.4 Å². The van der Waals surface area contributed by atoms with Crippen LogP contribution in [-0.2, 0) is 16.0 Å². The van der Waals surface area contributed by atoms with E-state index in [-0.39, 0.29) is 11.9 Å². The van der Waals surface area contributed by atoms with Crippen LogP contribution in [0.25, 0.3) is 0 Å². The van der Waals surface area contributed by atoms with Crippen molar-refractivity contribution in [2.24, 2.45) is 5.92 Å². The molecule has 4 heteroatoms. The van der Waals surface area contributed by atoms with Gasteiger partial charge in [-0.05, 0) is 57.3 Å². The molecule has 1 heterocycles.